The number of oxazole rings is 1. The minimum absolute atomic E-state index is 0.141. The van der Waals surface area contributed by atoms with Gasteiger partial charge < -0.3 is 19.4 Å². The first-order chi connectivity index (χ1) is 16.9. The fraction of sp³-hybridized carbons (Fsp3) is 0.231. The average molecular weight is 473 g/mol. The third-order valence-corrected chi connectivity index (χ3v) is 5.90. The van der Waals surface area contributed by atoms with Gasteiger partial charge in [0.25, 0.3) is 11.6 Å². The van der Waals surface area contributed by atoms with E-state index in [0.29, 0.717) is 54.7 Å². The van der Waals surface area contributed by atoms with Crippen LogP contribution in [-0.2, 0) is 4.74 Å². The van der Waals surface area contributed by atoms with Crippen molar-refractivity contribution in [2.24, 2.45) is 0 Å². The summed E-state index contributed by atoms with van der Waals surface area (Å²) < 4.78 is 11.3. The molecule has 0 radical (unpaired) electrons. The monoisotopic (exact) mass is 472 g/mol. The number of carbonyl (C=O) groups excluding carboxylic acids is 1. The molecule has 1 saturated heterocycles. The summed E-state index contributed by atoms with van der Waals surface area (Å²) in [6.45, 7) is 6.31. The third kappa shape index (κ3) is 4.71. The molecule has 1 N–H and O–H groups in total. The SMILES string of the molecule is Cc1cc(C)cc(-c2nc3cc(NC(=O)c4cc([N+](=O)[O-])ccc4N4CCOCC4)ccc3o2)c1. The Morgan fingerprint density at radius 2 is 1.77 bits per heavy atom. The van der Waals surface area contributed by atoms with Crippen molar-refractivity contribution in [3.8, 4) is 11.5 Å². The Hall–Kier alpha value is -4.24. The average Bonchev–Trinajstić information content (AvgIpc) is 3.27. The van der Waals surface area contributed by atoms with Crippen LogP contribution in [0.25, 0.3) is 22.6 Å². The number of anilines is 2. The van der Waals surface area contributed by atoms with Crippen LogP contribution in [0, 0.1) is 24.0 Å². The number of nitrogens with one attached hydrogen (secondary N) is 1. The van der Waals surface area contributed by atoms with E-state index in [-0.39, 0.29) is 11.3 Å². The summed E-state index contributed by atoms with van der Waals surface area (Å²) in [4.78, 5) is 30.7. The van der Waals surface area contributed by atoms with E-state index in [1.807, 2.05) is 30.9 Å². The van der Waals surface area contributed by atoms with Crippen molar-refractivity contribution in [3.05, 3.63) is 81.4 Å². The van der Waals surface area contributed by atoms with Crippen LogP contribution in [0.2, 0.25) is 0 Å². The molecule has 9 heteroatoms. The first kappa shape index (κ1) is 22.5. The molecule has 1 amide bonds. The quantitative estimate of drug-likeness (QED) is 0.317. The van der Waals surface area contributed by atoms with Gasteiger partial charge in [0.15, 0.2) is 5.58 Å². The Morgan fingerprint density at radius 3 is 2.49 bits per heavy atom. The number of rotatable bonds is 5. The number of non-ortho nitro benzene ring substituents is 1. The second-order valence-corrected chi connectivity index (χ2v) is 8.59. The van der Waals surface area contributed by atoms with E-state index in [9.17, 15) is 14.9 Å². The van der Waals surface area contributed by atoms with Crippen molar-refractivity contribution in [1.29, 1.82) is 0 Å². The number of fused-ring (bicyclic) bond motifs is 1. The minimum Gasteiger partial charge on any atom is -0.436 e. The van der Waals surface area contributed by atoms with Gasteiger partial charge in [-0.05, 0) is 50.2 Å². The Morgan fingerprint density at radius 1 is 1.03 bits per heavy atom. The Bertz CT molecular complexity index is 1420. The highest BCUT2D eigenvalue weighted by Crippen LogP contribution is 2.30. The smallest absolute Gasteiger partial charge is 0.270 e. The lowest BCUT2D eigenvalue weighted by molar-refractivity contribution is -0.384. The zero-order chi connectivity index (χ0) is 24.5. The highest BCUT2D eigenvalue weighted by atomic mass is 16.6. The second-order valence-electron chi connectivity index (χ2n) is 8.59. The van der Waals surface area contributed by atoms with E-state index < -0.39 is 10.8 Å². The summed E-state index contributed by atoms with van der Waals surface area (Å²) in [5.41, 5.74) is 5.56. The standard InChI is InChI=1S/C26H24N4O5/c1-16-11-17(2)13-18(12-16)26-28-22-14-19(3-6-24(22)35-26)27-25(31)21-15-20(30(32)33)4-5-23(21)29-7-9-34-10-8-29/h3-6,11-15H,7-10H2,1-2H3,(H,27,31). The van der Waals surface area contributed by atoms with E-state index in [1.165, 1.54) is 12.1 Å². The Kier molecular flexibility index (Phi) is 5.92. The molecule has 2 heterocycles. The molecule has 1 aliphatic heterocycles. The highest BCUT2D eigenvalue weighted by molar-refractivity contribution is 6.09. The summed E-state index contributed by atoms with van der Waals surface area (Å²) in [7, 11) is 0. The first-order valence-electron chi connectivity index (χ1n) is 11.3. The number of morpholine rings is 1. The molecule has 1 aromatic heterocycles. The van der Waals surface area contributed by atoms with E-state index in [2.05, 4.69) is 16.4 Å². The van der Waals surface area contributed by atoms with Gasteiger partial charge in [0.2, 0.25) is 5.89 Å². The molecule has 0 bridgehead atoms. The normalized spacial score (nSPS) is 13.7. The fourth-order valence-corrected chi connectivity index (χ4v) is 4.32. The van der Waals surface area contributed by atoms with Gasteiger partial charge in [0, 0.05) is 36.5 Å². The lowest BCUT2D eigenvalue weighted by Crippen LogP contribution is -2.37. The number of nitrogens with zero attached hydrogens (tertiary/aromatic N) is 3. The molecule has 0 saturated carbocycles. The molecule has 1 aliphatic rings. The molecule has 1 fully saturated rings. The number of amides is 1. The van der Waals surface area contributed by atoms with Crippen LogP contribution in [0.5, 0.6) is 0 Å². The van der Waals surface area contributed by atoms with Gasteiger partial charge in [-0.3, -0.25) is 14.9 Å². The number of benzene rings is 3. The lowest BCUT2D eigenvalue weighted by atomic mass is 10.1. The van der Waals surface area contributed by atoms with Crippen molar-refractivity contribution in [2.75, 3.05) is 36.5 Å². The number of nitro benzene ring substituents is 1. The number of hydrogen-bond donors (Lipinski definition) is 1. The fourth-order valence-electron chi connectivity index (χ4n) is 4.32. The number of hydrogen-bond acceptors (Lipinski definition) is 7. The molecule has 178 valence electrons. The van der Waals surface area contributed by atoms with Crippen molar-refractivity contribution < 1.29 is 18.9 Å². The van der Waals surface area contributed by atoms with Crippen LogP contribution < -0.4 is 10.2 Å². The van der Waals surface area contributed by atoms with Crippen LogP contribution in [0.1, 0.15) is 21.5 Å². The van der Waals surface area contributed by atoms with Crippen LogP contribution in [0.3, 0.4) is 0 Å². The minimum atomic E-state index is -0.504. The van der Waals surface area contributed by atoms with E-state index >= 15 is 0 Å². The zero-order valence-corrected chi connectivity index (χ0v) is 19.4. The molecule has 5 rings (SSSR count). The lowest BCUT2D eigenvalue weighted by Gasteiger charge is -2.30. The number of ether oxygens (including phenoxy) is 1. The zero-order valence-electron chi connectivity index (χ0n) is 19.4. The van der Waals surface area contributed by atoms with Gasteiger partial charge in [-0.2, -0.15) is 0 Å². The summed E-state index contributed by atoms with van der Waals surface area (Å²) in [6.07, 6.45) is 0. The van der Waals surface area contributed by atoms with Gasteiger partial charge in [0.05, 0.1) is 29.4 Å². The molecule has 0 atom stereocenters. The molecule has 0 aliphatic carbocycles. The molecule has 3 aromatic carbocycles. The maximum absolute atomic E-state index is 13.3. The first-order valence-corrected chi connectivity index (χ1v) is 11.3. The maximum atomic E-state index is 13.3. The van der Waals surface area contributed by atoms with Crippen molar-refractivity contribution in [3.63, 3.8) is 0 Å². The van der Waals surface area contributed by atoms with E-state index in [4.69, 9.17) is 9.15 Å². The predicted octanol–water partition coefficient (Wildman–Crippen LogP) is 5.11. The Labute approximate surface area is 201 Å². The van der Waals surface area contributed by atoms with Crippen molar-refractivity contribution in [2.45, 2.75) is 13.8 Å². The third-order valence-electron chi connectivity index (χ3n) is 5.90. The maximum Gasteiger partial charge on any atom is 0.270 e. The van der Waals surface area contributed by atoms with Crippen LogP contribution >= 0.6 is 0 Å². The van der Waals surface area contributed by atoms with Gasteiger partial charge in [0.1, 0.15) is 5.52 Å². The number of nitro groups is 1. The van der Waals surface area contributed by atoms with Crippen molar-refractivity contribution in [1.82, 2.24) is 4.98 Å². The summed E-state index contributed by atoms with van der Waals surface area (Å²) in [6, 6.07) is 15.7. The summed E-state index contributed by atoms with van der Waals surface area (Å²) in [5.74, 6) is 0.0659. The van der Waals surface area contributed by atoms with Gasteiger partial charge in [-0.15, -0.1) is 0 Å². The topological polar surface area (TPSA) is 111 Å². The second kappa shape index (κ2) is 9.19. The number of carbonyl (C=O) groups is 1. The van der Waals surface area contributed by atoms with Gasteiger partial charge >= 0.3 is 0 Å². The number of aromatic nitrogens is 1. The molecular weight excluding hydrogens is 448 g/mol. The van der Waals surface area contributed by atoms with Crippen LogP contribution in [0.15, 0.2) is 59.0 Å². The van der Waals surface area contributed by atoms with Crippen LogP contribution in [0.4, 0.5) is 17.1 Å². The Balaban J connectivity index is 1.45. The van der Waals surface area contributed by atoms with E-state index in [1.54, 1.807) is 24.3 Å². The largest absolute Gasteiger partial charge is 0.436 e. The molecule has 0 unspecified atom stereocenters. The summed E-state index contributed by atoms with van der Waals surface area (Å²) in [5, 5.41) is 14.2. The molecule has 9 nitrogen and oxygen atoms in total. The number of aryl methyl sites for hydroxylation is 2. The van der Waals surface area contributed by atoms with Gasteiger partial charge in [-0.1, -0.05) is 17.2 Å². The van der Waals surface area contributed by atoms with E-state index in [0.717, 1.165) is 16.7 Å². The van der Waals surface area contributed by atoms with Crippen LogP contribution in [-0.4, -0.2) is 42.1 Å². The predicted molar refractivity (Wildman–Crippen MR) is 133 cm³/mol. The molecule has 4 aromatic rings. The molecule has 35 heavy (non-hydrogen) atoms. The molecular formula is C26H24N4O5. The molecule has 0 spiro atoms. The highest BCUT2D eigenvalue weighted by Gasteiger charge is 2.22. The van der Waals surface area contributed by atoms with Crippen molar-refractivity contribution >= 4 is 34.1 Å². The summed E-state index contributed by atoms with van der Waals surface area (Å²) >= 11 is 0. The van der Waals surface area contributed by atoms with Gasteiger partial charge in [-0.25, -0.2) is 4.98 Å².